The highest BCUT2D eigenvalue weighted by Crippen LogP contribution is 2.49. The van der Waals surface area contributed by atoms with Crippen molar-refractivity contribution in [1.82, 2.24) is 0 Å². The minimum absolute atomic E-state index is 0.00672. The number of halogens is 1. The highest BCUT2D eigenvalue weighted by Gasteiger charge is 2.51. The van der Waals surface area contributed by atoms with Gasteiger partial charge in [0.15, 0.2) is 0 Å². The Labute approximate surface area is 167 Å². The van der Waals surface area contributed by atoms with E-state index in [1.807, 2.05) is 23.5 Å². The molecule has 142 valence electrons. The van der Waals surface area contributed by atoms with Gasteiger partial charge in [-0.1, -0.05) is 12.1 Å². The fourth-order valence-electron chi connectivity index (χ4n) is 4.02. The number of fused-ring (bicyclic) bond motifs is 1. The minimum Gasteiger partial charge on any atom is -0.367 e. The van der Waals surface area contributed by atoms with Crippen LogP contribution in [0.4, 0.5) is 15.8 Å². The first-order valence-electron chi connectivity index (χ1n) is 9.62. The second kappa shape index (κ2) is 6.74. The van der Waals surface area contributed by atoms with Crippen LogP contribution in [-0.2, 0) is 23.2 Å². The molecule has 2 aliphatic rings. The SMILES string of the molecule is O=C(Nc1ccc(N2CCc3sccc3C2)cc1)C1(c2ccc(F)cc2)CC1. The quantitative estimate of drug-likeness (QED) is 0.668. The summed E-state index contributed by atoms with van der Waals surface area (Å²) in [7, 11) is 0. The molecule has 2 aromatic carbocycles. The van der Waals surface area contributed by atoms with Gasteiger partial charge >= 0.3 is 0 Å². The molecule has 1 saturated carbocycles. The molecule has 3 aromatic rings. The molecule has 5 heteroatoms. The van der Waals surface area contributed by atoms with E-state index in [0.717, 1.165) is 43.6 Å². The van der Waals surface area contributed by atoms with Crippen molar-refractivity contribution in [3.05, 3.63) is 81.8 Å². The van der Waals surface area contributed by atoms with Crippen molar-refractivity contribution in [3.63, 3.8) is 0 Å². The van der Waals surface area contributed by atoms with Crippen LogP contribution in [0.2, 0.25) is 0 Å². The third-order valence-corrected chi connectivity index (χ3v) is 6.90. The van der Waals surface area contributed by atoms with Crippen molar-refractivity contribution in [2.75, 3.05) is 16.8 Å². The van der Waals surface area contributed by atoms with Crippen molar-refractivity contribution >= 4 is 28.6 Å². The number of carbonyl (C=O) groups is 1. The van der Waals surface area contributed by atoms with Gasteiger partial charge in [-0.05, 0) is 78.2 Å². The molecule has 3 nitrogen and oxygen atoms in total. The molecule has 1 aliphatic heterocycles. The predicted octanol–water partition coefficient (Wildman–Crippen LogP) is 5.12. The van der Waals surface area contributed by atoms with Gasteiger partial charge in [-0.15, -0.1) is 11.3 Å². The Morgan fingerprint density at radius 1 is 1.04 bits per heavy atom. The maximum Gasteiger partial charge on any atom is 0.235 e. The van der Waals surface area contributed by atoms with Gasteiger partial charge in [-0.2, -0.15) is 0 Å². The second-order valence-corrected chi connectivity index (χ2v) is 8.63. The summed E-state index contributed by atoms with van der Waals surface area (Å²) < 4.78 is 13.2. The Morgan fingerprint density at radius 3 is 2.50 bits per heavy atom. The molecule has 1 amide bonds. The third kappa shape index (κ3) is 3.10. The number of anilines is 2. The molecule has 0 saturated heterocycles. The van der Waals surface area contributed by atoms with E-state index in [1.165, 1.54) is 28.3 Å². The number of thiophene rings is 1. The Bertz CT molecular complexity index is 1010. The third-order valence-electron chi connectivity index (χ3n) is 5.88. The molecule has 0 bridgehead atoms. The van der Waals surface area contributed by atoms with Gasteiger partial charge in [0.25, 0.3) is 0 Å². The summed E-state index contributed by atoms with van der Waals surface area (Å²) in [6, 6.07) is 16.6. The molecule has 28 heavy (non-hydrogen) atoms. The largest absolute Gasteiger partial charge is 0.367 e. The van der Waals surface area contributed by atoms with Crippen LogP contribution in [0.1, 0.15) is 28.8 Å². The first-order valence-corrected chi connectivity index (χ1v) is 10.5. The van der Waals surface area contributed by atoms with Crippen LogP contribution in [0, 0.1) is 5.82 Å². The van der Waals surface area contributed by atoms with Crippen LogP contribution in [-0.4, -0.2) is 12.5 Å². The highest BCUT2D eigenvalue weighted by atomic mass is 32.1. The Kier molecular flexibility index (Phi) is 4.20. The molecular formula is C23H21FN2OS. The zero-order chi connectivity index (χ0) is 19.1. The lowest BCUT2D eigenvalue weighted by molar-refractivity contribution is -0.118. The van der Waals surface area contributed by atoms with E-state index in [4.69, 9.17) is 0 Å². The summed E-state index contributed by atoms with van der Waals surface area (Å²) in [6.45, 7) is 1.96. The number of hydrogen-bond acceptors (Lipinski definition) is 3. The van der Waals surface area contributed by atoms with Gasteiger partial charge in [0.05, 0.1) is 5.41 Å². The van der Waals surface area contributed by atoms with Crippen molar-refractivity contribution in [2.24, 2.45) is 0 Å². The lowest BCUT2D eigenvalue weighted by Crippen LogP contribution is -2.29. The van der Waals surface area contributed by atoms with Gasteiger partial charge in [-0.3, -0.25) is 4.79 Å². The van der Waals surface area contributed by atoms with Crippen molar-refractivity contribution in [1.29, 1.82) is 0 Å². The zero-order valence-corrected chi connectivity index (χ0v) is 16.3. The number of amides is 1. The summed E-state index contributed by atoms with van der Waals surface area (Å²) in [6.07, 6.45) is 2.70. The Morgan fingerprint density at radius 2 is 1.79 bits per heavy atom. The number of nitrogens with zero attached hydrogens (tertiary/aromatic N) is 1. The van der Waals surface area contributed by atoms with Gasteiger partial charge < -0.3 is 10.2 Å². The van der Waals surface area contributed by atoms with Crippen LogP contribution in [0.25, 0.3) is 0 Å². The molecule has 0 unspecified atom stereocenters. The fourth-order valence-corrected chi connectivity index (χ4v) is 4.91. The van der Waals surface area contributed by atoms with Crippen molar-refractivity contribution in [3.8, 4) is 0 Å². The van der Waals surface area contributed by atoms with Crippen LogP contribution in [0.5, 0.6) is 0 Å². The molecule has 1 aromatic heterocycles. The molecule has 5 rings (SSSR count). The normalized spacial score (nSPS) is 17.1. The lowest BCUT2D eigenvalue weighted by Gasteiger charge is -2.29. The lowest BCUT2D eigenvalue weighted by atomic mass is 9.95. The number of rotatable bonds is 4. The molecule has 0 atom stereocenters. The maximum atomic E-state index is 13.2. The van der Waals surface area contributed by atoms with Crippen molar-refractivity contribution in [2.45, 2.75) is 31.2 Å². The summed E-state index contributed by atoms with van der Waals surface area (Å²) in [5.41, 5.74) is 3.78. The van der Waals surface area contributed by atoms with Crippen LogP contribution >= 0.6 is 11.3 Å². The molecule has 0 radical (unpaired) electrons. The van der Waals surface area contributed by atoms with Crippen LogP contribution < -0.4 is 10.2 Å². The average Bonchev–Trinajstić information content (AvgIpc) is 3.40. The highest BCUT2D eigenvalue weighted by molar-refractivity contribution is 7.10. The predicted molar refractivity (Wildman–Crippen MR) is 111 cm³/mol. The average molecular weight is 392 g/mol. The van der Waals surface area contributed by atoms with E-state index in [0.29, 0.717) is 0 Å². The van der Waals surface area contributed by atoms with Gasteiger partial charge in [0.2, 0.25) is 5.91 Å². The fraction of sp³-hybridized carbons (Fsp3) is 0.261. The van der Waals surface area contributed by atoms with E-state index in [2.05, 4.69) is 33.8 Å². The van der Waals surface area contributed by atoms with Crippen molar-refractivity contribution < 1.29 is 9.18 Å². The Balaban J connectivity index is 1.28. The number of carbonyl (C=O) groups excluding carboxylic acids is 1. The first kappa shape index (κ1) is 17.4. The molecule has 2 heterocycles. The molecule has 0 spiro atoms. The first-order chi connectivity index (χ1) is 13.6. The zero-order valence-electron chi connectivity index (χ0n) is 15.5. The van der Waals surface area contributed by atoms with Crippen LogP contribution in [0.3, 0.4) is 0 Å². The minimum atomic E-state index is -0.505. The van der Waals surface area contributed by atoms with E-state index in [9.17, 15) is 9.18 Å². The number of nitrogens with one attached hydrogen (secondary N) is 1. The van der Waals surface area contributed by atoms with E-state index in [-0.39, 0.29) is 11.7 Å². The monoisotopic (exact) mass is 392 g/mol. The van der Waals surface area contributed by atoms with E-state index >= 15 is 0 Å². The Hall–Kier alpha value is -2.66. The molecule has 1 aliphatic carbocycles. The molecule has 1 fully saturated rings. The van der Waals surface area contributed by atoms with E-state index in [1.54, 1.807) is 12.1 Å². The summed E-state index contributed by atoms with van der Waals surface area (Å²) in [5, 5.41) is 5.22. The second-order valence-electron chi connectivity index (χ2n) is 7.63. The van der Waals surface area contributed by atoms with Crippen LogP contribution in [0.15, 0.2) is 60.0 Å². The standard InChI is InChI=1S/C23H21FN2OS/c24-18-3-1-17(2-4-18)23(11-12-23)22(27)25-19-5-7-20(8-6-19)26-13-9-21-16(15-26)10-14-28-21/h1-8,10,14H,9,11-13,15H2,(H,25,27). The summed E-state index contributed by atoms with van der Waals surface area (Å²) >= 11 is 1.84. The molecule has 1 N–H and O–H groups in total. The maximum absolute atomic E-state index is 13.2. The number of hydrogen-bond donors (Lipinski definition) is 1. The van der Waals surface area contributed by atoms with E-state index < -0.39 is 5.41 Å². The summed E-state index contributed by atoms with van der Waals surface area (Å²) in [4.78, 5) is 16.7. The molecular weight excluding hydrogens is 371 g/mol. The number of benzene rings is 2. The smallest absolute Gasteiger partial charge is 0.235 e. The topological polar surface area (TPSA) is 32.3 Å². The van der Waals surface area contributed by atoms with Gasteiger partial charge in [0, 0.05) is 29.3 Å². The summed E-state index contributed by atoms with van der Waals surface area (Å²) in [5.74, 6) is -0.282. The van der Waals surface area contributed by atoms with Gasteiger partial charge in [0.1, 0.15) is 5.82 Å². The van der Waals surface area contributed by atoms with Gasteiger partial charge in [-0.25, -0.2) is 4.39 Å².